The lowest BCUT2D eigenvalue weighted by atomic mass is 10.2. The molecule has 2 heterocycles. The summed E-state index contributed by atoms with van der Waals surface area (Å²) >= 11 is 0. The summed E-state index contributed by atoms with van der Waals surface area (Å²) in [6.45, 7) is 0.433. The Hall–Kier alpha value is -1.68. The number of nitrogens with two attached hydrogens (primary N) is 1. The molecule has 0 amide bonds. The minimum absolute atomic E-state index is 0.433. The van der Waals surface area contributed by atoms with Crippen LogP contribution in [-0.2, 0) is 13.6 Å². The van der Waals surface area contributed by atoms with Gasteiger partial charge in [-0.1, -0.05) is 0 Å². The molecule has 0 spiro atoms. The van der Waals surface area contributed by atoms with Crippen LogP contribution in [0.2, 0.25) is 0 Å². The van der Waals surface area contributed by atoms with Crippen molar-refractivity contribution in [1.82, 2.24) is 14.8 Å². The van der Waals surface area contributed by atoms with Crippen LogP contribution in [0.4, 0.5) is 0 Å². The molecule has 0 unspecified atom stereocenters. The van der Waals surface area contributed by atoms with Gasteiger partial charge in [-0.3, -0.25) is 0 Å². The Kier molecular flexibility index (Phi) is 2.28. The molecule has 14 heavy (non-hydrogen) atoms. The normalized spacial score (nSPS) is 10.4. The van der Waals surface area contributed by atoms with Crippen molar-refractivity contribution >= 4 is 0 Å². The van der Waals surface area contributed by atoms with Crippen molar-refractivity contribution in [2.75, 3.05) is 0 Å². The predicted molar refractivity (Wildman–Crippen MR) is 54.3 cm³/mol. The van der Waals surface area contributed by atoms with Crippen LogP contribution in [0.15, 0.2) is 30.6 Å². The quantitative estimate of drug-likeness (QED) is 0.763. The molecule has 0 aromatic carbocycles. The van der Waals surface area contributed by atoms with E-state index in [4.69, 9.17) is 5.73 Å². The minimum atomic E-state index is 0.433. The van der Waals surface area contributed by atoms with Crippen molar-refractivity contribution in [2.24, 2.45) is 12.8 Å². The average Bonchev–Trinajstić information content (AvgIpc) is 2.65. The van der Waals surface area contributed by atoms with Gasteiger partial charge in [0.05, 0.1) is 11.4 Å². The first-order valence-corrected chi connectivity index (χ1v) is 4.44. The zero-order valence-corrected chi connectivity index (χ0v) is 8.01. The van der Waals surface area contributed by atoms with Gasteiger partial charge in [-0.15, -0.1) is 0 Å². The third kappa shape index (κ3) is 1.65. The van der Waals surface area contributed by atoms with Crippen LogP contribution in [0.3, 0.4) is 0 Å². The number of hydrogen-bond acceptors (Lipinski definition) is 3. The van der Waals surface area contributed by atoms with Gasteiger partial charge in [-0.05, 0) is 18.2 Å². The first-order chi connectivity index (χ1) is 6.79. The highest BCUT2D eigenvalue weighted by Crippen LogP contribution is 2.15. The third-order valence-electron chi connectivity index (χ3n) is 2.06. The van der Waals surface area contributed by atoms with E-state index in [0.29, 0.717) is 6.54 Å². The number of rotatable bonds is 2. The summed E-state index contributed by atoms with van der Waals surface area (Å²) in [5, 5.41) is 8.09. The molecule has 2 aromatic rings. The van der Waals surface area contributed by atoms with Crippen LogP contribution >= 0.6 is 0 Å². The second kappa shape index (κ2) is 3.59. The van der Waals surface area contributed by atoms with Gasteiger partial charge in [0.1, 0.15) is 0 Å². The summed E-state index contributed by atoms with van der Waals surface area (Å²) in [7, 11) is 1.98. The zero-order chi connectivity index (χ0) is 9.97. The van der Waals surface area contributed by atoms with Gasteiger partial charge in [-0.25, -0.2) is 0 Å². The lowest BCUT2D eigenvalue weighted by Crippen LogP contribution is -2.00. The van der Waals surface area contributed by atoms with Gasteiger partial charge in [0.25, 0.3) is 0 Å². The Morgan fingerprint density at radius 2 is 2.14 bits per heavy atom. The molecule has 4 heteroatoms. The second-order valence-corrected chi connectivity index (χ2v) is 3.18. The first-order valence-electron chi connectivity index (χ1n) is 4.44. The topological polar surface area (TPSA) is 56.7 Å². The molecule has 0 bridgehead atoms. The molecule has 0 saturated heterocycles. The average molecular weight is 188 g/mol. The summed E-state index contributed by atoms with van der Waals surface area (Å²) in [6.07, 6.45) is 3.99. The Morgan fingerprint density at radius 1 is 1.29 bits per heavy atom. The largest absolute Gasteiger partial charge is 0.357 e. The zero-order valence-electron chi connectivity index (χ0n) is 8.01. The third-order valence-corrected chi connectivity index (χ3v) is 2.06. The molecule has 0 saturated carbocycles. The fourth-order valence-electron chi connectivity index (χ4n) is 1.28. The smallest absolute Gasteiger partial charge is 0.0945 e. The lowest BCUT2D eigenvalue weighted by molar-refractivity contribution is 0.900. The summed E-state index contributed by atoms with van der Waals surface area (Å²) in [5.74, 6) is 0. The minimum Gasteiger partial charge on any atom is -0.357 e. The van der Waals surface area contributed by atoms with Crippen molar-refractivity contribution in [1.29, 1.82) is 0 Å². The van der Waals surface area contributed by atoms with Crippen molar-refractivity contribution < 1.29 is 0 Å². The predicted octanol–water partition coefficient (Wildman–Crippen LogP) is 0.941. The second-order valence-electron chi connectivity index (χ2n) is 3.18. The van der Waals surface area contributed by atoms with E-state index in [2.05, 4.69) is 10.2 Å². The molecule has 0 radical (unpaired) electrons. The molecule has 2 rings (SSSR count). The van der Waals surface area contributed by atoms with E-state index in [9.17, 15) is 0 Å². The summed E-state index contributed by atoms with van der Waals surface area (Å²) in [5.41, 5.74) is 8.20. The molecule has 2 aromatic heterocycles. The highest BCUT2D eigenvalue weighted by atomic mass is 15.1. The number of nitrogens with zero attached hydrogens (tertiary/aromatic N) is 3. The Bertz CT molecular complexity index is 416. The number of aryl methyl sites for hydroxylation is 1. The molecule has 72 valence electrons. The number of aromatic nitrogens is 3. The molecule has 0 fully saturated rings. The summed E-state index contributed by atoms with van der Waals surface area (Å²) in [4.78, 5) is 0. The molecule has 0 atom stereocenters. The Morgan fingerprint density at radius 3 is 2.64 bits per heavy atom. The maximum Gasteiger partial charge on any atom is 0.0945 e. The molecular weight excluding hydrogens is 176 g/mol. The van der Waals surface area contributed by atoms with Gasteiger partial charge in [-0.2, -0.15) is 10.2 Å². The van der Waals surface area contributed by atoms with Gasteiger partial charge < -0.3 is 10.3 Å². The van der Waals surface area contributed by atoms with E-state index in [1.807, 2.05) is 42.2 Å². The van der Waals surface area contributed by atoms with Crippen molar-refractivity contribution in [3.63, 3.8) is 0 Å². The molecule has 2 N–H and O–H groups in total. The molecular formula is C10H12N4. The summed E-state index contributed by atoms with van der Waals surface area (Å²) in [6, 6.07) is 5.84. The highest BCUT2D eigenvalue weighted by molar-refractivity contribution is 5.57. The van der Waals surface area contributed by atoms with E-state index in [1.165, 1.54) is 0 Å². The van der Waals surface area contributed by atoms with E-state index in [-0.39, 0.29) is 0 Å². The first kappa shape index (κ1) is 8.90. The number of hydrogen-bond donors (Lipinski definition) is 1. The van der Waals surface area contributed by atoms with Crippen LogP contribution in [0.1, 0.15) is 5.69 Å². The van der Waals surface area contributed by atoms with Gasteiger partial charge in [0, 0.05) is 31.5 Å². The molecule has 4 nitrogen and oxygen atoms in total. The van der Waals surface area contributed by atoms with Crippen molar-refractivity contribution in [3.8, 4) is 11.3 Å². The van der Waals surface area contributed by atoms with Crippen LogP contribution < -0.4 is 5.73 Å². The molecule has 0 aliphatic rings. The van der Waals surface area contributed by atoms with E-state index in [1.54, 1.807) is 0 Å². The monoisotopic (exact) mass is 188 g/mol. The maximum atomic E-state index is 5.44. The van der Waals surface area contributed by atoms with Gasteiger partial charge in [0.15, 0.2) is 0 Å². The van der Waals surface area contributed by atoms with Gasteiger partial charge >= 0.3 is 0 Å². The highest BCUT2D eigenvalue weighted by Gasteiger charge is 2.00. The fraction of sp³-hybridized carbons (Fsp3) is 0.200. The van der Waals surface area contributed by atoms with E-state index >= 15 is 0 Å². The Balaban J connectivity index is 2.33. The van der Waals surface area contributed by atoms with E-state index < -0.39 is 0 Å². The fourth-order valence-corrected chi connectivity index (χ4v) is 1.28. The van der Waals surface area contributed by atoms with Crippen molar-refractivity contribution in [3.05, 3.63) is 36.3 Å². The maximum absolute atomic E-state index is 5.44. The van der Waals surface area contributed by atoms with Crippen LogP contribution in [0.5, 0.6) is 0 Å². The van der Waals surface area contributed by atoms with Crippen LogP contribution in [-0.4, -0.2) is 14.8 Å². The van der Waals surface area contributed by atoms with Crippen molar-refractivity contribution in [2.45, 2.75) is 6.54 Å². The van der Waals surface area contributed by atoms with Crippen LogP contribution in [0, 0.1) is 0 Å². The molecule has 0 aliphatic heterocycles. The summed E-state index contributed by atoms with van der Waals surface area (Å²) < 4.78 is 1.98. The Labute approximate surface area is 82.4 Å². The van der Waals surface area contributed by atoms with Gasteiger partial charge in [0.2, 0.25) is 0 Å². The molecule has 0 aliphatic carbocycles. The SMILES string of the molecule is Cn1ccc(-c2ccc(CN)nn2)c1. The van der Waals surface area contributed by atoms with E-state index in [0.717, 1.165) is 17.0 Å². The lowest BCUT2D eigenvalue weighted by Gasteiger charge is -1.97. The van der Waals surface area contributed by atoms with Crippen LogP contribution in [0.25, 0.3) is 11.3 Å². The standard InChI is InChI=1S/C10H12N4/c1-14-5-4-8(7-14)10-3-2-9(6-11)12-13-10/h2-5,7H,6,11H2,1H3.